The molecule has 76 heavy (non-hydrogen) atoms. The first-order valence-electron chi connectivity index (χ1n) is 33.6. The number of rotatable bonds is 62. The van der Waals surface area contributed by atoms with E-state index in [0.717, 1.165) is 83.5 Å². The Morgan fingerprint density at radius 3 is 0.803 bits per heavy atom. The van der Waals surface area contributed by atoms with Gasteiger partial charge in [0.1, 0.15) is 13.2 Å². The number of hydrogen-bond acceptors (Lipinski definition) is 6. The zero-order valence-electron chi connectivity index (χ0n) is 51.0. The molecule has 0 radical (unpaired) electrons. The van der Waals surface area contributed by atoms with E-state index in [0.29, 0.717) is 19.3 Å². The van der Waals surface area contributed by atoms with Gasteiger partial charge in [-0.2, -0.15) is 0 Å². The van der Waals surface area contributed by atoms with Crippen LogP contribution in [-0.4, -0.2) is 37.2 Å². The third-order valence-corrected chi connectivity index (χ3v) is 15.1. The molecule has 0 aliphatic rings. The second-order valence-electron chi connectivity index (χ2n) is 22.7. The highest BCUT2D eigenvalue weighted by molar-refractivity contribution is 5.71. The van der Waals surface area contributed by atoms with Gasteiger partial charge in [-0.3, -0.25) is 14.4 Å². The van der Waals surface area contributed by atoms with Crippen molar-refractivity contribution in [3.05, 3.63) is 48.6 Å². The number of carbonyl (C=O) groups excluding carboxylic acids is 3. The standard InChI is InChI=1S/C70H128O6/c1-4-7-10-13-16-19-21-23-25-27-28-29-30-31-32-33-34-35-36-37-38-39-40-41-42-44-45-47-49-51-54-57-60-63-69(72)75-66-67(65-74-68(71)62-59-56-53-18-15-12-9-6-3)76-70(73)64-61-58-55-52-50-48-46-43-26-24-22-20-17-14-11-8-5-2/h7,10,16,19,23,25,28-29,67H,4-6,8-9,11-15,17-18,20-22,24,26-27,30-66H2,1-3H3/b10-7-,19-16-,25-23-,29-28-. The molecule has 0 aromatic heterocycles. The summed E-state index contributed by atoms with van der Waals surface area (Å²) in [7, 11) is 0. The minimum Gasteiger partial charge on any atom is -0.462 e. The highest BCUT2D eigenvalue weighted by Gasteiger charge is 2.19. The lowest BCUT2D eigenvalue weighted by molar-refractivity contribution is -0.167. The van der Waals surface area contributed by atoms with Crippen molar-refractivity contribution >= 4 is 17.9 Å². The summed E-state index contributed by atoms with van der Waals surface area (Å²) in [6.45, 7) is 6.56. The summed E-state index contributed by atoms with van der Waals surface area (Å²) in [6, 6.07) is 0. The van der Waals surface area contributed by atoms with E-state index in [1.165, 1.54) is 238 Å². The predicted octanol–water partition coefficient (Wildman–Crippen LogP) is 22.9. The number of ether oxygens (including phenoxy) is 3. The highest BCUT2D eigenvalue weighted by atomic mass is 16.6. The van der Waals surface area contributed by atoms with Gasteiger partial charge in [0.15, 0.2) is 6.10 Å². The van der Waals surface area contributed by atoms with E-state index >= 15 is 0 Å². The van der Waals surface area contributed by atoms with Crippen molar-refractivity contribution in [1.29, 1.82) is 0 Å². The van der Waals surface area contributed by atoms with Crippen LogP contribution in [0.25, 0.3) is 0 Å². The van der Waals surface area contributed by atoms with Crippen molar-refractivity contribution in [2.45, 2.75) is 367 Å². The average molecular weight is 1070 g/mol. The summed E-state index contributed by atoms with van der Waals surface area (Å²) < 4.78 is 16.9. The smallest absolute Gasteiger partial charge is 0.306 e. The minimum atomic E-state index is -0.765. The first-order chi connectivity index (χ1) is 37.5. The molecule has 444 valence electrons. The van der Waals surface area contributed by atoms with E-state index in [1.807, 2.05) is 0 Å². The van der Waals surface area contributed by atoms with Gasteiger partial charge in [-0.05, 0) is 57.8 Å². The summed E-state index contributed by atoms with van der Waals surface area (Å²) in [5.74, 6) is -0.844. The van der Waals surface area contributed by atoms with Crippen molar-refractivity contribution in [1.82, 2.24) is 0 Å². The SMILES string of the molecule is CC/C=C\C/C=C\C/C=C\C/C=C\CCCCCCCCCCCCCCCCCCCCCCC(=O)OCC(COC(=O)CCCCCCCCCC)OC(=O)CCCCCCCCCCCCCCCCCCC. The van der Waals surface area contributed by atoms with Crippen LogP contribution < -0.4 is 0 Å². The zero-order valence-corrected chi connectivity index (χ0v) is 51.0. The van der Waals surface area contributed by atoms with E-state index in [-0.39, 0.29) is 31.1 Å². The summed E-state index contributed by atoms with van der Waals surface area (Å²) in [6.07, 6.45) is 81.6. The Balaban J connectivity index is 4.00. The quantitative estimate of drug-likeness (QED) is 0.0261. The molecule has 6 heteroatoms. The van der Waals surface area contributed by atoms with Crippen LogP contribution in [0.15, 0.2) is 48.6 Å². The van der Waals surface area contributed by atoms with Crippen LogP contribution in [0.1, 0.15) is 361 Å². The molecule has 0 saturated heterocycles. The second-order valence-corrected chi connectivity index (χ2v) is 22.7. The fraction of sp³-hybridized carbons (Fsp3) is 0.843. The van der Waals surface area contributed by atoms with E-state index in [2.05, 4.69) is 69.4 Å². The van der Waals surface area contributed by atoms with Gasteiger partial charge in [0.25, 0.3) is 0 Å². The van der Waals surface area contributed by atoms with Crippen molar-refractivity contribution in [2.24, 2.45) is 0 Å². The van der Waals surface area contributed by atoms with Gasteiger partial charge in [0.05, 0.1) is 0 Å². The molecule has 0 spiro atoms. The molecule has 0 bridgehead atoms. The minimum absolute atomic E-state index is 0.0655. The second kappa shape index (κ2) is 64.9. The Hall–Kier alpha value is -2.63. The fourth-order valence-electron chi connectivity index (χ4n) is 10.1. The molecule has 0 saturated carbocycles. The predicted molar refractivity (Wildman–Crippen MR) is 330 cm³/mol. The maximum Gasteiger partial charge on any atom is 0.306 e. The van der Waals surface area contributed by atoms with E-state index < -0.39 is 6.10 Å². The van der Waals surface area contributed by atoms with Gasteiger partial charge >= 0.3 is 17.9 Å². The maximum absolute atomic E-state index is 12.9. The Morgan fingerprint density at radius 1 is 0.276 bits per heavy atom. The van der Waals surface area contributed by atoms with E-state index in [9.17, 15) is 14.4 Å². The zero-order chi connectivity index (χ0) is 55.0. The highest BCUT2D eigenvalue weighted by Crippen LogP contribution is 2.18. The lowest BCUT2D eigenvalue weighted by Gasteiger charge is -2.18. The molecule has 0 rings (SSSR count). The number of esters is 3. The first-order valence-corrected chi connectivity index (χ1v) is 33.6. The normalized spacial score (nSPS) is 12.3. The molecular weight excluding hydrogens is 937 g/mol. The van der Waals surface area contributed by atoms with Crippen LogP contribution in [-0.2, 0) is 28.6 Å². The van der Waals surface area contributed by atoms with E-state index in [1.54, 1.807) is 0 Å². The van der Waals surface area contributed by atoms with Crippen molar-refractivity contribution < 1.29 is 28.6 Å². The van der Waals surface area contributed by atoms with Crippen LogP contribution in [0.4, 0.5) is 0 Å². The van der Waals surface area contributed by atoms with Crippen LogP contribution >= 0.6 is 0 Å². The first kappa shape index (κ1) is 73.4. The maximum atomic E-state index is 12.9. The molecule has 0 amide bonds. The van der Waals surface area contributed by atoms with Crippen LogP contribution in [0.2, 0.25) is 0 Å². The van der Waals surface area contributed by atoms with Crippen LogP contribution in [0.3, 0.4) is 0 Å². The topological polar surface area (TPSA) is 78.9 Å². The molecular formula is C70H128O6. The average Bonchev–Trinajstić information content (AvgIpc) is 3.42. The molecule has 1 unspecified atom stereocenters. The van der Waals surface area contributed by atoms with Gasteiger partial charge in [0.2, 0.25) is 0 Å². The largest absolute Gasteiger partial charge is 0.462 e. The lowest BCUT2D eigenvalue weighted by atomic mass is 10.0. The Morgan fingerprint density at radius 2 is 0.513 bits per heavy atom. The number of unbranched alkanes of at least 4 members (excludes halogenated alkanes) is 43. The monoisotopic (exact) mass is 1060 g/mol. The molecule has 0 fully saturated rings. The molecule has 0 aliphatic heterocycles. The van der Waals surface area contributed by atoms with Gasteiger partial charge in [0, 0.05) is 19.3 Å². The molecule has 0 aliphatic carbocycles. The Kier molecular flexibility index (Phi) is 62.6. The number of hydrogen-bond donors (Lipinski definition) is 0. The van der Waals surface area contributed by atoms with Gasteiger partial charge in [-0.15, -0.1) is 0 Å². The Bertz CT molecular complexity index is 1310. The number of carbonyl (C=O) groups is 3. The lowest BCUT2D eigenvalue weighted by Crippen LogP contribution is -2.30. The Labute approximate surface area is 473 Å². The molecule has 6 nitrogen and oxygen atoms in total. The summed E-state index contributed by atoms with van der Waals surface area (Å²) in [5.41, 5.74) is 0. The summed E-state index contributed by atoms with van der Waals surface area (Å²) in [4.78, 5) is 38.1. The molecule has 0 N–H and O–H groups in total. The fourth-order valence-corrected chi connectivity index (χ4v) is 10.1. The van der Waals surface area contributed by atoms with Gasteiger partial charge in [-0.1, -0.05) is 333 Å². The third-order valence-electron chi connectivity index (χ3n) is 15.1. The number of allylic oxidation sites excluding steroid dienone is 8. The van der Waals surface area contributed by atoms with Gasteiger partial charge in [-0.25, -0.2) is 0 Å². The molecule has 0 heterocycles. The summed E-state index contributed by atoms with van der Waals surface area (Å²) in [5, 5.41) is 0. The van der Waals surface area contributed by atoms with Crippen molar-refractivity contribution in [2.75, 3.05) is 13.2 Å². The van der Waals surface area contributed by atoms with Crippen LogP contribution in [0.5, 0.6) is 0 Å². The molecule has 0 aromatic carbocycles. The van der Waals surface area contributed by atoms with Gasteiger partial charge < -0.3 is 14.2 Å². The van der Waals surface area contributed by atoms with Crippen LogP contribution in [0, 0.1) is 0 Å². The molecule has 0 aromatic rings. The van der Waals surface area contributed by atoms with Crippen molar-refractivity contribution in [3.63, 3.8) is 0 Å². The van der Waals surface area contributed by atoms with Crippen molar-refractivity contribution in [3.8, 4) is 0 Å². The third kappa shape index (κ3) is 62.2. The molecule has 1 atom stereocenters. The van der Waals surface area contributed by atoms with E-state index in [4.69, 9.17) is 14.2 Å². The summed E-state index contributed by atoms with van der Waals surface area (Å²) >= 11 is 0.